The van der Waals surface area contributed by atoms with E-state index < -0.39 is 0 Å². The monoisotopic (exact) mass is 225 g/mol. The van der Waals surface area contributed by atoms with E-state index in [1.54, 1.807) is 0 Å². The summed E-state index contributed by atoms with van der Waals surface area (Å²) >= 11 is 0. The van der Waals surface area contributed by atoms with Crippen molar-refractivity contribution in [1.29, 1.82) is 0 Å². The van der Waals surface area contributed by atoms with Gasteiger partial charge in [0.25, 0.3) is 0 Å². The third-order valence-electron chi connectivity index (χ3n) is 4.09. The molecule has 16 heavy (non-hydrogen) atoms. The number of rotatable bonds is 5. The number of nitrogens with zero attached hydrogens (tertiary/aromatic N) is 1. The van der Waals surface area contributed by atoms with E-state index in [1.807, 2.05) is 0 Å². The maximum atomic E-state index is 2.72. The van der Waals surface area contributed by atoms with Gasteiger partial charge in [-0.05, 0) is 50.1 Å². The van der Waals surface area contributed by atoms with Crippen LogP contribution in [0.3, 0.4) is 0 Å². The third kappa shape index (κ3) is 4.08. The van der Waals surface area contributed by atoms with Crippen LogP contribution in [0.4, 0.5) is 0 Å². The van der Waals surface area contributed by atoms with Gasteiger partial charge in [0.15, 0.2) is 0 Å². The van der Waals surface area contributed by atoms with Crippen LogP contribution < -0.4 is 0 Å². The van der Waals surface area contributed by atoms with Gasteiger partial charge in [-0.1, -0.05) is 41.0 Å². The molecule has 0 radical (unpaired) electrons. The smallest absolute Gasteiger partial charge is 0.0103 e. The zero-order chi connectivity index (χ0) is 12.2. The van der Waals surface area contributed by atoms with Crippen LogP contribution in [0.1, 0.15) is 66.7 Å². The first-order valence-corrected chi connectivity index (χ1v) is 7.22. The molecular formula is C15H31N. The van der Waals surface area contributed by atoms with Gasteiger partial charge in [-0.3, -0.25) is 0 Å². The van der Waals surface area contributed by atoms with E-state index >= 15 is 0 Å². The third-order valence-corrected chi connectivity index (χ3v) is 4.09. The zero-order valence-corrected chi connectivity index (χ0v) is 12.1. The molecule has 1 aliphatic rings. The fraction of sp³-hybridized carbons (Fsp3) is 1.00. The van der Waals surface area contributed by atoms with Gasteiger partial charge in [0.1, 0.15) is 0 Å². The first-order chi connectivity index (χ1) is 7.48. The number of hydrogen-bond acceptors (Lipinski definition) is 1. The Kier molecular flexibility index (Phi) is 5.30. The van der Waals surface area contributed by atoms with Crippen LogP contribution in [-0.2, 0) is 0 Å². The summed E-state index contributed by atoms with van der Waals surface area (Å²) in [6.45, 7) is 14.5. The summed E-state index contributed by atoms with van der Waals surface area (Å²) in [5, 5.41) is 0. The van der Waals surface area contributed by atoms with E-state index in [0.29, 0.717) is 5.41 Å². The van der Waals surface area contributed by atoms with Gasteiger partial charge in [0.05, 0.1) is 0 Å². The van der Waals surface area contributed by atoms with E-state index in [-0.39, 0.29) is 0 Å². The van der Waals surface area contributed by atoms with Crippen LogP contribution in [0.15, 0.2) is 0 Å². The largest absolute Gasteiger partial charge is 0.301 e. The molecule has 1 rings (SSSR count). The van der Waals surface area contributed by atoms with Crippen LogP contribution in [-0.4, -0.2) is 24.0 Å². The van der Waals surface area contributed by atoms with Crippen molar-refractivity contribution in [3.05, 3.63) is 0 Å². The quantitative estimate of drug-likeness (QED) is 0.673. The molecule has 1 fully saturated rings. The molecule has 0 aromatic heterocycles. The molecule has 0 aromatic rings. The normalized spacial score (nSPS) is 29.6. The molecule has 0 bridgehead atoms. The molecule has 2 unspecified atom stereocenters. The summed E-state index contributed by atoms with van der Waals surface area (Å²) in [6.07, 6.45) is 6.91. The lowest BCUT2D eigenvalue weighted by Crippen LogP contribution is -2.43. The average molecular weight is 225 g/mol. The van der Waals surface area contributed by atoms with Gasteiger partial charge in [0.2, 0.25) is 0 Å². The van der Waals surface area contributed by atoms with E-state index in [4.69, 9.17) is 0 Å². The fourth-order valence-corrected chi connectivity index (χ4v) is 3.53. The Balaban J connectivity index is 2.55. The lowest BCUT2D eigenvalue weighted by Gasteiger charge is -2.43. The molecule has 0 amide bonds. The standard InChI is InChI=1S/C15H31N/c1-6-8-9-16(7-2)14-10-13(3)11-15(4,5)12-14/h13-14H,6-12H2,1-5H3. The van der Waals surface area contributed by atoms with Crippen molar-refractivity contribution in [3.8, 4) is 0 Å². The molecule has 1 aliphatic carbocycles. The summed E-state index contributed by atoms with van der Waals surface area (Å²) < 4.78 is 0. The molecule has 2 atom stereocenters. The van der Waals surface area contributed by atoms with Gasteiger partial charge in [-0.2, -0.15) is 0 Å². The van der Waals surface area contributed by atoms with E-state index in [1.165, 1.54) is 45.2 Å². The van der Waals surface area contributed by atoms with Gasteiger partial charge < -0.3 is 4.90 Å². The van der Waals surface area contributed by atoms with Gasteiger partial charge in [-0.25, -0.2) is 0 Å². The predicted octanol–water partition coefficient (Wildman–Crippen LogP) is 4.32. The molecule has 0 heterocycles. The van der Waals surface area contributed by atoms with Crippen molar-refractivity contribution in [2.75, 3.05) is 13.1 Å². The summed E-state index contributed by atoms with van der Waals surface area (Å²) in [4.78, 5) is 2.72. The number of hydrogen-bond donors (Lipinski definition) is 0. The second-order valence-electron chi connectivity index (χ2n) is 6.55. The highest BCUT2D eigenvalue weighted by atomic mass is 15.1. The summed E-state index contributed by atoms with van der Waals surface area (Å²) in [5.41, 5.74) is 0.558. The summed E-state index contributed by atoms with van der Waals surface area (Å²) in [6, 6.07) is 0.843. The van der Waals surface area contributed by atoms with Crippen LogP contribution in [0, 0.1) is 11.3 Å². The van der Waals surface area contributed by atoms with Crippen LogP contribution in [0.25, 0.3) is 0 Å². The van der Waals surface area contributed by atoms with Crippen molar-refractivity contribution >= 4 is 0 Å². The molecule has 0 aliphatic heterocycles. The maximum Gasteiger partial charge on any atom is 0.0103 e. The van der Waals surface area contributed by atoms with Gasteiger partial charge in [-0.15, -0.1) is 0 Å². The van der Waals surface area contributed by atoms with Gasteiger partial charge >= 0.3 is 0 Å². The predicted molar refractivity (Wildman–Crippen MR) is 72.7 cm³/mol. The summed E-state index contributed by atoms with van der Waals surface area (Å²) in [7, 11) is 0. The van der Waals surface area contributed by atoms with Crippen molar-refractivity contribution in [3.63, 3.8) is 0 Å². The number of unbranched alkanes of at least 4 members (excludes halogenated alkanes) is 1. The Morgan fingerprint density at radius 2 is 1.88 bits per heavy atom. The Hall–Kier alpha value is -0.0400. The van der Waals surface area contributed by atoms with Crippen molar-refractivity contribution in [1.82, 2.24) is 4.90 Å². The van der Waals surface area contributed by atoms with E-state index in [0.717, 1.165) is 12.0 Å². The first kappa shape index (κ1) is 14.0. The van der Waals surface area contributed by atoms with Crippen LogP contribution in [0.2, 0.25) is 0 Å². The lowest BCUT2D eigenvalue weighted by molar-refractivity contribution is 0.0692. The van der Waals surface area contributed by atoms with E-state index in [9.17, 15) is 0 Å². The van der Waals surface area contributed by atoms with Crippen molar-refractivity contribution < 1.29 is 0 Å². The molecule has 0 spiro atoms. The minimum Gasteiger partial charge on any atom is -0.301 e. The molecule has 0 saturated heterocycles. The van der Waals surface area contributed by atoms with Crippen LogP contribution >= 0.6 is 0 Å². The Morgan fingerprint density at radius 1 is 1.19 bits per heavy atom. The molecule has 1 heteroatoms. The molecule has 1 saturated carbocycles. The SMILES string of the molecule is CCCCN(CC)C1CC(C)CC(C)(C)C1. The highest BCUT2D eigenvalue weighted by Gasteiger charge is 2.34. The topological polar surface area (TPSA) is 3.24 Å². The highest BCUT2D eigenvalue weighted by molar-refractivity contribution is 4.87. The molecule has 1 nitrogen and oxygen atoms in total. The maximum absolute atomic E-state index is 2.72. The fourth-order valence-electron chi connectivity index (χ4n) is 3.53. The van der Waals surface area contributed by atoms with Crippen molar-refractivity contribution in [2.45, 2.75) is 72.8 Å². The zero-order valence-electron chi connectivity index (χ0n) is 12.1. The molecule has 0 N–H and O–H groups in total. The van der Waals surface area contributed by atoms with Gasteiger partial charge in [0, 0.05) is 6.04 Å². The summed E-state index contributed by atoms with van der Waals surface area (Å²) in [5.74, 6) is 0.907. The first-order valence-electron chi connectivity index (χ1n) is 7.22. The highest BCUT2D eigenvalue weighted by Crippen LogP contribution is 2.40. The average Bonchev–Trinajstić information content (AvgIpc) is 2.15. The Labute approximate surface area is 103 Å². The van der Waals surface area contributed by atoms with E-state index in [2.05, 4.69) is 39.5 Å². The second kappa shape index (κ2) is 6.05. The second-order valence-corrected chi connectivity index (χ2v) is 6.55. The molecule has 96 valence electrons. The molecular weight excluding hydrogens is 194 g/mol. The molecule has 0 aromatic carbocycles. The lowest BCUT2D eigenvalue weighted by atomic mass is 9.70. The Bertz CT molecular complexity index is 198. The Morgan fingerprint density at radius 3 is 2.38 bits per heavy atom. The van der Waals surface area contributed by atoms with Crippen molar-refractivity contribution in [2.24, 2.45) is 11.3 Å². The minimum atomic E-state index is 0.558. The minimum absolute atomic E-state index is 0.558. The van der Waals surface area contributed by atoms with Crippen LogP contribution in [0.5, 0.6) is 0 Å².